The van der Waals surface area contributed by atoms with Gasteiger partial charge in [-0.1, -0.05) is 26.8 Å². The Bertz CT molecular complexity index is 570. The van der Waals surface area contributed by atoms with Crippen LogP contribution in [-0.4, -0.2) is 12.1 Å². The second-order valence-electron chi connectivity index (χ2n) is 5.53. The Balaban J connectivity index is 2.56. The van der Waals surface area contributed by atoms with Crippen molar-refractivity contribution in [3.05, 3.63) is 47.9 Å². The van der Waals surface area contributed by atoms with E-state index in [2.05, 4.69) is 31.8 Å². The summed E-state index contributed by atoms with van der Waals surface area (Å²) >= 11 is 0. The molecule has 0 amide bonds. The molecule has 0 radical (unpaired) electrons. The Morgan fingerprint density at radius 1 is 1.11 bits per heavy atom. The van der Waals surface area contributed by atoms with E-state index in [0.717, 1.165) is 11.3 Å². The number of ether oxygens (including phenoxy) is 1. The monoisotopic (exact) mass is 259 g/mol. The fourth-order valence-electron chi connectivity index (χ4n) is 1.91. The van der Waals surface area contributed by atoms with Crippen molar-refractivity contribution in [2.45, 2.75) is 26.2 Å². The molecule has 100 valence electrons. The summed E-state index contributed by atoms with van der Waals surface area (Å²) in [5.41, 5.74) is 2.83. The van der Waals surface area contributed by atoms with Gasteiger partial charge in [0.2, 0.25) is 0 Å². The van der Waals surface area contributed by atoms with Crippen LogP contribution < -0.4 is 4.74 Å². The van der Waals surface area contributed by atoms with E-state index in [0.29, 0.717) is 5.69 Å². The number of rotatable bonds is 2. The van der Waals surface area contributed by atoms with Crippen LogP contribution in [0.2, 0.25) is 0 Å². The van der Waals surface area contributed by atoms with Gasteiger partial charge in [-0.3, -0.25) is 4.98 Å². The molecule has 0 aliphatic carbocycles. The van der Waals surface area contributed by atoms with Crippen LogP contribution in [0.5, 0.6) is 5.75 Å². The number of pyridine rings is 1. The van der Waals surface area contributed by atoms with Crippen LogP contribution in [-0.2, 0) is 5.41 Å². The normalized spacial score (nSPS) is 11.4. The molecular formula is C16H18FNO. The molecule has 1 aromatic heterocycles. The molecule has 0 aliphatic rings. The number of hydrogen-bond donors (Lipinski definition) is 0. The lowest BCUT2D eigenvalue weighted by Gasteiger charge is -2.21. The van der Waals surface area contributed by atoms with Crippen molar-refractivity contribution in [1.29, 1.82) is 0 Å². The molecule has 0 N–H and O–H groups in total. The highest BCUT2D eigenvalue weighted by Gasteiger charge is 2.17. The molecule has 0 atom stereocenters. The van der Waals surface area contributed by atoms with Crippen LogP contribution in [0.1, 0.15) is 26.3 Å². The van der Waals surface area contributed by atoms with Gasteiger partial charge in [0.05, 0.1) is 19.0 Å². The van der Waals surface area contributed by atoms with Gasteiger partial charge in [0, 0.05) is 5.56 Å². The molecule has 0 bridgehead atoms. The molecule has 1 aromatic carbocycles. The first-order valence-electron chi connectivity index (χ1n) is 6.22. The third-order valence-corrected chi connectivity index (χ3v) is 3.07. The SMILES string of the molecule is COc1ccc(C(C)(C)C)cc1-c1ccc(F)cn1. The van der Waals surface area contributed by atoms with Crippen LogP contribution in [0.4, 0.5) is 4.39 Å². The van der Waals surface area contributed by atoms with Crippen molar-refractivity contribution in [2.24, 2.45) is 0 Å². The number of aromatic nitrogens is 1. The Morgan fingerprint density at radius 2 is 1.84 bits per heavy atom. The first kappa shape index (κ1) is 13.5. The van der Waals surface area contributed by atoms with Crippen LogP contribution in [0.15, 0.2) is 36.5 Å². The molecule has 0 fully saturated rings. The maximum Gasteiger partial charge on any atom is 0.141 e. The van der Waals surface area contributed by atoms with E-state index in [1.165, 1.54) is 17.8 Å². The van der Waals surface area contributed by atoms with E-state index in [1.54, 1.807) is 13.2 Å². The number of halogens is 1. The van der Waals surface area contributed by atoms with Crippen LogP contribution in [0, 0.1) is 5.82 Å². The van der Waals surface area contributed by atoms with Gasteiger partial charge >= 0.3 is 0 Å². The second-order valence-corrected chi connectivity index (χ2v) is 5.53. The number of benzene rings is 1. The summed E-state index contributed by atoms with van der Waals surface area (Å²) in [5, 5.41) is 0. The van der Waals surface area contributed by atoms with Crippen molar-refractivity contribution in [3.63, 3.8) is 0 Å². The molecule has 0 saturated carbocycles. The minimum atomic E-state index is -0.338. The summed E-state index contributed by atoms with van der Waals surface area (Å²) in [6.45, 7) is 6.45. The minimum absolute atomic E-state index is 0.0427. The highest BCUT2D eigenvalue weighted by Crippen LogP contribution is 2.33. The molecule has 0 spiro atoms. The Morgan fingerprint density at radius 3 is 2.37 bits per heavy atom. The lowest BCUT2D eigenvalue weighted by molar-refractivity contribution is 0.415. The lowest BCUT2D eigenvalue weighted by Crippen LogP contribution is -2.11. The van der Waals surface area contributed by atoms with Crippen LogP contribution in [0.25, 0.3) is 11.3 Å². The average Bonchev–Trinajstić information content (AvgIpc) is 2.38. The molecule has 2 aromatic rings. The maximum atomic E-state index is 13.0. The van der Waals surface area contributed by atoms with E-state index >= 15 is 0 Å². The molecular weight excluding hydrogens is 241 g/mol. The van der Waals surface area contributed by atoms with Crippen molar-refractivity contribution in [1.82, 2.24) is 4.98 Å². The first-order chi connectivity index (χ1) is 8.91. The van der Waals surface area contributed by atoms with Gasteiger partial charge < -0.3 is 4.74 Å². The fraction of sp³-hybridized carbons (Fsp3) is 0.312. The van der Waals surface area contributed by atoms with Gasteiger partial charge in [-0.25, -0.2) is 4.39 Å². The van der Waals surface area contributed by atoms with Gasteiger partial charge in [0.25, 0.3) is 0 Å². The van der Waals surface area contributed by atoms with E-state index < -0.39 is 0 Å². The quantitative estimate of drug-likeness (QED) is 0.806. The summed E-state index contributed by atoms with van der Waals surface area (Å²) < 4.78 is 18.3. The molecule has 1 heterocycles. The van der Waals surface area contributed by atoms with Crippen molar-refractivity contribution in [2.75, 3.05) is 7.11 Å². The fourth-order valence-corrected chi connectivity index (χ4v) is 1.91. The molecule has 2 nitrogen and oxygen atoms in total. The smallest absolute Gasteiger partial charge is 0.141 e. The predicted octanol–water partition coefficient (Wildman–Crippen LogP) is 4.19. The van der Waals surface area contributed by atoms with Crippen molar-refractivity contribution >= 4 is 0 Å². The van der Waals surface area contributed by atoms with Crippen molar-refractivity contribution in [3.8, 4) is 17.0 Å². The molecule has 3 heteroatoms. The minimum Gasteiger partial charge on any atom is -0.496 e. The maximum absolute atomic E-state index is 13.0. The molecule has 0 unspecified atom stereocenters. The van der Waals surface area contributed by atoms with Gasteiger partial charge in [-0.2, -0.15) is 0 Å². The van der Waals surface area contributed by atoms with Crippen LogP contribution >= 0.6 is 0 Å². The van der Waals surface area contributed by atoms with Gasteiger partial charge in [-0.15, -0.1) is 0 Å². The highest BCUT2D eigenvalue weighted by molar-refractivity contribution is 5.68. The van der Waals surface area contributed by atoms with E-state index in [9.17, 15) is 4.39 Å². The third kappa shape index (κ3) is 2.92. The zero-order chi connectivity index (χ0) is 14.0. The summed E-state index contributed by atoms with van der Waals surface area (Å²) in [5.74, 6) is 0.404. The van der Waals surface area contributed by atoms with Crippen LogP contribution in [0.3, 0.4) is 0 Å². The van der Waals surface area contributed by atoms with E-state index in [1.807, 2.05) is 12.1 Å². The number of methoxy groups -OCH3 is 1. The molecule has 2 rings (SSSR count). The van der Waals surface area contributed by atoms with E-state index in [4.69, 9.17) is 4.74 Å². The first-order valence-corrected chi connectivity index (χ1v) is 6.22. The largest absolute Gasteiger partial charge is 0.496 e. The second kappa shape index (κ2) is 5.00. The van der Waals surface area contributed by atoms with Gasteiger partial charge in [0.15, 0.2) is 0 Å². The zero-order valence-electron chi connectivity index (χ0n) is 11.7. The Labute approximate surface area is 113 Å². The Hall–Kier alpha value is -1.90. The molecule has 19 heavy (non-hydrogen) atoms. The van der Waals surface area contributed by atoms with Gasteiger partial charge in [-0.05, 0) is 35.2 Å². The molecule has 0 aliphatic heterocycles. The number of nitrogens with zero attached hydrogens (tertiary/aromatic N) is 1. The molecule has 0 saturated heterocycles. The summed E-state index contributed by atoms with van der Waals surface area (Å²) in [4.78, 5) is 4.13. The van der Waals surface area contributed by atoms with E-state index in [-0.39, 0.29) is 11.2 Å². The van der Waals surface area contributed by atoms with Crippen molar-refractivity contribution < 1.29 is 9.13 Å². The summed E-state index contributed by atoms with van der Waals surface area (Å²) in [6, 6.07) is 9.11. The topological polar surface area (TPSA) is 22.1 Å². The predicted molar refractivity (Wildman–Crippen MR) is 74.9 cm³/mol. The summed E-state index contributed by atoms with van der Waals surface area (Å²) in [6.07, 6.45) is 1.22. The summed E-state index contributed by atoms with van der Waals surface area (Å²) in [7, 11) is 1.62. The standard InChI is InChI=1S/C16H18FNO/c1-16(2,3)11-5-8-15(19-4)13(9-11)14-7-6-12(17)10-18-14/h5-10H,1-4H3. The Kier molecular flexibility index (Phi) is 3.56. The third-order valence-electron chi connectivity index (χ3n) is 3.07. The lowest BCUT2D eigenvalue weighted by atomic mass is 9.85. The average molecular weight is 259 g/mol. The zero-order valence-corrected chi connectivity index (χ0v) is 11.7. The van der Waals surface area contributed by atoms with Gasteiger partial charge in [0.1, 0.15) is 11.6 Å². The highest BCUT2D eigenvalue weighted by atomic mass is 19.1. The number of hydrogen-bond acceptors (Lipinski definition) is 2.